The van der Waals surface area contributed by atoms with Crippen molar-refractivity contribution in [2.75, 3.05) is 19.7 Å². The maximum atomic E-state index is 12.0. The summed E-state index contributed by atoms with van der Waals surface area (Å²) < 4.78 is 5.44. The normalized spacial score (nSPS) is 10.1. The molecule has 0 aliphatic rings. The van der Waals surface area contributed by atoms with Crippen molar-refractivity contribution in [2.45, 2.75) is 32.8 Å². The molecule has 5 heteroatoms. The molecule has 0 unspecified atom stereocenters. The van der Waals surface area contributed by atoms with Crippen molar-refractivity contribution in [3.63, 3.8) is 0 Å². The van der Waals surface area contributed by atoms with Crippen molar-refractivity contribution >= 4 is 5.91 Å². The topological polar surface area (TPSA) is 77.2 Å². The van der Waals surface area contributed by atoms with Gasteiger partial charge in [0.2, 0.25) is 0 Å². The van der Waals surface area contributed by atoms with Gasteiger partial charge in [0.25, 0.3) is 5.91 Å². The average molecular weight is 289 g/mol. The van der Waals surface area contributed by atoms with Crippen LogP contribution in [0.25, 0.3) is 0 Å². The summed E-state index contributed by atoms with van der Waals surface area (Å²) in [5.74, 6) is 5.46. The third kappa shape index (κ3) is 7.45. The van der Waals surface area contributed by atoms with Crippen LogP contribution in [0.5, 0.6) is 0 Å². The van der Waals surface area contributed by atoms with Crippen LogP contribution in [0.2, 0.25) is 0 Å². The first-order valence-corrected chi connectivity index (χ1v) is 7.17. The summed E-state index contributed by atoms with van der Waals surface area (Å²) in [4.78, 5) is 16.0. The molecule has 1 aromatic rings. The number of nitrogens with one attached hydrogen (secondary N) is 1. The third-order valence-electron chi connectivity index (χ3n) is 2.64. The number of aromatic nitrogens is 1. The number of rotatable bonds is 7. The lowest BCUT2D eigenvalue weighted by atomic mass is 10.2. The van der Waals surface area contributed by atoms with Gasteiger partial charge in [-0.05, 0) is 32.8 Å². The van der Waals surface area contributed by atoms with Gasteiger partial charge in [-0.25, -0.2) is 0 Å². The van der Waals surface area contributed by atoms with Crippen LogP contribution >= 0.6 is 0 Å². The van der Waals surface area contributed by atoms with E-state index < -0.39 is 0 Å². The Balaban J connectivity index is 2.35. The van der Waals surface area contributed by atoms with Gasteiger partial charge in [0.05, 0.1) is 18.2 Å². The summed E-state index contributed by atoms with van der Waals surface area (Å²) in [6, 6.07) is 1.72. The van der Waals surface area contributed by atoms with Crippen molar-refractivity contribution in [3.05, 3.63) is 29.6 Å². The molecule has 0 fully saturated rings. The van der Waals surface area contributed by atoms with E-state index in [4.69, 9.17) is 10.5 Å². The minimum atomic E-state index is -0.135. The molecule has 0 aromatic carbocycles. The van der Waals surface area contributed by atoms with Gasteiger partial charge in [0.15, 0.2) is 0 Å². The lowest BCUT2D eigenvalue weighted by Gasteiger charge is -2.08. The van der Waals surface area contributed by atoms with Gasteiger partial charge in [-0.15, -0.1) is 0 Å². The molecule has 0 aliphatic carbocycles. The average Bonchev–Trinajstić information content (AvgIpc) is 2.48. The molecule has 1 rings (SSSR count). The lowest BCUT2D eigenvalue weighted by molar-refractivity contribution is 0.0754. The van der Waals surface area contributed by atoms with Crippen molar-refractivity contribution in [1.82, 2.24) is 10.3 Å². The molecule has 0 spiro atoms. The molecule has 114 valence electrons. The number of nitrogens with two attached hydrogens (primary N) is 1. The van der Waals surface area contributed by atoms with Crippen molar-refractivity contribution in [1.29, 1.82) is 0 Å². The molecular formula is C16H23N3O2. The Morgan fingerprint density at radius 3 is 2.95 bits per heavy atom. The standard InChI is InChI=1S/C16H23N3O2/c1-13(2)21-9-4-3-8-19-16(20)15-10-14(6-5-7-17)11-18-12-15/h10-13H,3-4,7-9,17H2,1-2H3,(H,19,20). The van der Waals surface area contributed by atoms with Gasteiger partial charge in [-0.3, -0.25) is 9.78 Å². The highest BCUT2D eigenvalue weighted by atomic mass is 16.5. The largest absolute Gasteiger partial charge is 0.379 e. The Morgan fingerprint density at radius 2 is 2.24 bits per heavy atom. The maximum Gasteiger partial charge on any atom is 0.252 e. The molecule has 5 nitrogen and oxygen atoms in total. The van der Waals surface area contributed by atoms with Gasteiger partial charge in [-0.2, -0.15) is 0 Å². The zero-order chi connectivity index (χ0) is 15.5. The van der Waals surface area contributed by atoms with Gasteiger partial charge >= 0.3 is 0 Å². The molecule has 0 saturated carbocycles. The molecule has 0 atom stereocenters. The molecular weight excluding hydrogens is 266 g/mol. The molecule has 0 saturated heterocycles. The smallest absolute Gasteiger partial charge is 0.252 e. The molecule has 1 amide bonds. The van der Waals surface area contributed by atoms with E-state index >= 15 is 0 Å². The number of hydrogen-bond donors (Lipinski definition) is 2. The van der Waals surface area contributed by atoms with Crippen LogP contribution in [0, 0.1) is 11.8 Å². The summed E-state index contributed by atoms with van der Waals surface area (Å²) in [6.45, 7) is 5.65. The SMILES string of the molecule is CC(C)OCCCCNC(=O)c1cncc(C#CCN)c1. The number of ether oxygens (including phenoxy) is 1. The second-order valence-electron chi connectivity index (χ2n) is 4.85. The fourth-order valence-electron chi connectivity index (χ4n) is 1.64. The molecule has 21 heavy (non-hydrogen) atoms. The van der Waals surface area contributed by atoms with E-state index in [2.05, 4.69) is 22.1 Å². The van der Waals surface area contributed by atoms with Gasteiger partial charge in [0, 0.05) is 31.1 Å². The van der Waals surface area contributed by atoms with E-state index in [1.807, 2.05) is 13.8 Å². The summed E-state index contributed by atoms with van der Waals surface area (Å²) in [5, 5.41) is 2.86. The van der Waals surface area contributed by atoms with Crippen LogP contribution < -0.4 is 11.1 Å². The molecule has 0 bridgehead atoms. The Hall–Kier alpha value is -1.90. The Bertz CT molecular complexity index is 504. The number of amides is 1. The summed E-state index contributed by atoms with van der Waals surface area (Å²) in [7, 11) is 0. The first-order chi connectivity index (χ1) is 10.1. The predicted octanol–water partition coefficient (Wildman–Crippen LogP) is 1.33. The van der Waals surface area contributed by atoms with Crippen LogP contribution in [0.1, 0.15) is 42.6 Å². The van der Waals surface area contributed by atoms with Crippen molar-refractivity contribution in [3.8, 4) is 11.8 Å². The summed E-state index contributed by atoms with van der Waals surface area (Å²) >= 11 is 0. The van der Waals surface area contributed by atoms with E-state index in [1.165, 1.54) is 6.20 Å². The minimum absolute atomic E-state index is 0.135. The molecule has 1 heterocycles. The molecule has 0 aliphatic heterocycles. The number of unbranched alkanes of at least 4 members (excludes halogenated alkanes) is 1. The van der Waals surface area contributed by atoms with Crippen LogP contribution in [0.15, 0.2) is 18.5 Å². The van der Waals surface area contributed by atoms with Crippen molar-refractivity contribution < 1.29 is 9.53 Å². The third-order valence-corrected chi connectivity index (χ3v) is 2.64. The van der Waals surface area contributed by atoms with Gasteiger partial charge < -0.3 is 15.8 Å². The molecule has 3 N–H and O–H groups in total. The van der Waals surface area contributed by atoms with Crippen LogP contribution in [-0.4, -0.2) is 36.7 Å². The second kappa shape index (κ2) is 9.92. The fraction of sp³-hybridized carbons (Fsp3) is 0.500. The predicted molar refractivity (Wildman–Crippen MR) is 82.8 cm³/mol. The van der Waals surface area contributed by atoms with Gasteiger partial charge in [0.1, 0.15) is 0 Å². The fourth-order valence-corrected chi connectivity index (χ4v) is 1.64. The first-order valence-electron chi connectivity index (χ1n) is 7.17. The zero-order valence-corrected chi connectivity index (χ0v) is 12.7. The van der Waals surface area contributed by atoms with E-state index in [-0.39, 0.29) is 18.6 Å². The monoisotopic (exact) mass is 289 g/mol. The van der Waals surface area contributed by atoms with Gasteiger partial charge in [-0.1, -0.05) is 11.8 Å². The first kappa shape index (κ1) is 17.2. The Labute approximate surface area is 126 Å². The number of carbonyl (C=O) groups excluding carboxylic acids is 1. The van der Waals surface area contributed by atoms with Crippen LogP contribution in [0.3, 0.4) is 0 Å². The number of pyridine rings is 1. The quantitative estimate of drug-likeness (QED) is 0.586. The zero-order valence-electron chi connectivity index (χ0n) is 12.7. The summed E-state index contributed by atoms with van der Waals surface area (Å²) in [5.41, 5.74) is 6.52. The van der Waals surface area contributed by atoms with Crippen molar-refractivity contribution in [2.24, 2.45) is 5.73 Å². The van der Waals surface area contributed by atoms with E-state index in [9.17, 15) is 4.79 Å². The number of nitrogens with zero attached hydrogens (tertiary/aromatic N) is 1. The lowest BCUT2D eigenvalue weighted by Crippen LogP contribution is -2.25. The highest BCUT2D eigenvalue weighted by molar-refractivity contribution is 5.94. The highest BCUT2D eigenvalue weighted by Crippen LogP contribution is 2.02. The minimum Gasteiger partial charge on any atom is -0.379 e. The molecule has 1 aromatic heterocycles. The van der Waals surface area contributed by atoms with Crippen LogP contribution in [-0.2, 0) is 4.74 Å². The second-order valence-corrected chi connectivity index (χ2v) is 4.85. The van der Waals surface area contributed by atoms with Crippen LogP contribution in [0.4, 0.5) is 0 Å². The number of hydrogen-bond acceptors (Lipinski definition) is 4. The Kier molecular flexibility index (Phi) is 8.10. The highest BCUT2D eigenvalue weighted by Gasteiger charge is 2.05. The van der Waals surface area contributed by atoms with E-state index in [0.717, 1.165) is 19.4 Å². The Morgan fingerprint density at radius 1 is 1.43 bits per heavy atom. The molecule has 0 radical (unpaired) electrons. The number of carbonyl (C=O) groups is 1. The van der Waals surface area contributed by atoms with E-state index in [0.29, 0.717) is 17.7 Å². The van der Waals surface area contributed by atoms with E-state index in [1.54, 1.807) is 12.3 Å². The maximum absolute atomic E-state index is 12.0. The summed E-state index contributed by atoms with van der Waals surface area (Å²) in [6.07, 6.45) is 5.22.